The van der Waals surface area contributed by atoms with Gasteiger partial charge >= 0.3 is 31.6 Å². The molecular formula is H2B2F8FeO. The molecule has 78 valence electrons. The van der Waals surface area contributed by atoms with E-state index < -0.39 is 14.5 Å². The van der Waals surface area contributed by atoms with Crippen molar-refractivity contribution < 1.29 is 57.1 Å². The molecule has 0 unspecified atom stereocenters. The molecule has 0 atom stereocenters. The summed E-state index contributed by atoms with van der Waals surface area (Å²) in [6.45, 7) is 0. The van der Waals surface area contributed by atoms with E-state index in [9.17, 15) is 34.5 Å². The summed E-state index contributed by atoms with van der Waals surface area (Å²) in [7, 11) is -12.0. The molecule has 0 radical (unpaired) electrons. The molecule has 0 heterocycles. The summed E-state index contributed by atoms with van der Waals surface area (Å²) >= 11 is 0. The van der Waals surface area contributed by atoms with Crippen LogP contribution in [0.1, 0.15) is 0 Å². The summed E-state index contributed by atoms with van der Waals surface area (Å²) in [5.74, 6) is 0. The van der Waals surface area contributed by atoms with E-state index in [-0.39, 0.29) is 22.5 Å². The van der Waals surface area contributed by atoms with Crippen molar-refractivity contribution >= 4 is 14.5 Å². The monoisotopic (exact) mass is 248 g/mol. The standard InChI is InChI=1S/2BF4.Fe.H2O/c2*2-1(3,4)5;;/h;;;1H2/q2*-1;+2;. The Kier molecular flexibility index (Phi) is 14.5. The molecule has 12 heteroatoms. The molecule has 0 rings (SSSR count). The van der Waals surface area contributed by atoms with Gasteiger partial charge in [0.25, 0.3) is 0 Å². The minimum atomic E-state index is -6.00. The Bertz CT molecular complexity index is 60.0. The zero-order valence-electron chi connectivity index (χ0n) is 5.03. The van der Waals surface area contributed by atoms with Crippen molar-refractivity contribution in [1.82, 2.24) is 0 Å². The van der Waals surface area contributed by atoms with Crippen LogP contribution in [0.25, 0.3) is 0 Å². The van der Waals surface area contributed by atoms with Crippen LogP contribution in [0.2, 0.25) is 0 Å². The number of rotatable bonds is 0. The molecule has 12 heavy (non-hydrogen) atoms. The van der Waals surface area contributed by atoms with Gasteiger partial charge in [0.15, 0.2) is 0 Å². The molecule has 0 saturated heterocycles. The Morgan fingerprint density at radius 3 is 0.500 bits per heavy atom. The van der Waals surface area contributed by atoms with E-state index in [1.165, 1.54) is 0 Å². The minimum absolute atomic E-state index is 0. The van der Waals surface area contributed by atoms with Crippen LogP contribution in [0.15, 0.2) is 0 Å². The normalized spacial score (nSPS) is 10.0. The summed E-state index contributed by atoms with van der Waals surface area (Å²) in [5.41, 5.74) is 0. The molecule has 0 aromatic heterocycles. The molecule has 0 aliphatic heterocycles. The van der Waals surface area contributed by atoms with Crippen LogP contribution in [-0.4, -0.2) is 20.0 Å². The Hall–Kier alpha value is 0.0494. The fraction of sp³-hybridized carbons (Fsp3) is 0. The van der Waals surface area contributed by atoms with Gasteiger partial charge in [0, 0.05) is 0 Å². The van der Waals surface area contributed by atoms with Gasteiger partial charge in [0.2, 0.25) is 0 Å². The van der Waals surface area contributed by atoms with Crippen molar-refractivity contribution in [3.63, 3.8) is 0 Å². The van der Waals surface area contributed by atoms with Gasteiger partial charge in [-0.2, -0.15) is 0 Å². The average Bonchev–Trinajstić information content (AvgIpc) is 1.12. The first-order chi connectivity index (χ1) is 4.00. The van der Waals surface area contributed by atoms with E-state index in [1.807, 2.05) is 0 Å². The van der Waals surface area contributed by atoms with E-state index in [2.05, 4.69) is 0 Å². The molecular weight excluding hydrogens is 245 g/mol. The smallest absolute Gasteiger partial charge is 0.418 e. The number of hydrogen-bond donors (Lipinski definition) is 0. The molecule has 0 aliphatic carbocycles. The van der Waals surface area contributed by atoms with Gasteiger partial charge in [0.1, 0.15) is 0 Å². The van der Waals surface area contributed by atoms with Crippen LogP contribution in [0, 0.1) is 0 Å². The first kappa shape index (κ1) is 22.7. The second-order valence-corrected chi connectivity index (χ2v) is 0.990. The molecule has 0 amide bonds. The van der Waals surface area contributed by atoms with Crippen LogP contribution in [0.4, 0.5) is 34.5 Å². The third-order valence-corrected chi connectivity index (χ3v) is 0. The first-order valence-electron chi connectivity index (χ1n) is 1.75. The van der Waals surface area contributed by atoms with Crippen LogP contribution in [0.3, 0.4) is 0 Å². The molecule has 0 saturated carbocycles. The molecule has 0 fully saturated rings. The van der Waals surface area contributed by atoms with E-state index in [0.29, 0.717) is 0 Å². The van der Waals surface area contributed by atoms with E-state index in [1.54, 1.807) is 0 Å². The quantitative estimate of drug-likeness (QED) is 0.462. The van der Waals surface area contributed by atoms with Gasteiger partial charge in [-0.05, 0) is 0 Å². The summed E-state index contributed by atoms with van der Waals surface area (Å²) in [5, 5.41) is 0. The van der Waals surface area contributed by atoms with Crippen molar-refractivity contribution in [2.45, 2.75) is 0 Å². The van der Waals surface area contributed by atoms with E-state index in [4.69, 9.17) is 0 Å². The fourth-order valence-electron chi connectivity index (χ4n) is 0. The van der Waals surface area contributed by atoms with Gasteiger partial charge in [-0.3, -0.25) is 0 Å². The Balaban J connectivity index is -0.0000000457. The van der Waals surface area contributed by atoms with Crippen LogP contribution in [-0.2, 0) is 17.1 Å². The molecule has 0 aliphatic rings. The SMILES string of the molecule is F[B-](F)(F)F.F[B-](F)(F)F.O.[Fe+2]. The molecule has 0 aromatic rings. The van der Waals surface area contributed by atoms with Crippen LogP contribution < -0.4 is 0 Å². The van der Waals surface area contributed by atoms with E-state index in [0.717, 1.165) is 0 Å². The zero-order valence-corrected chi connectivity index (χ0v) is 6.14. The summed E-state index contributed by atoms with van der Waals surface area (Å²) in [6.07, 6.45) is 0. The minimum Gasteiger partial charge on any atom is -0.418 e. The topological polar surface area (TPSA) is 31.5 Å². The largest absolute Gasteiger partial charge is 2.00 e. The molecule has 0 spiro atoms. The summed E-state index contributed by atoms with van der Waals surface area (Å²) in [4.78, 5) is 0. The summed E-state index contributed by atoms with van der Waals surface area (Å²) < 4.78 is 78.0. The zero-order chi connectivity index (χ0) is 9.00. The van der Waals surface area contributed by atoms with Gasteiger partial charge in [-0.1, -0.05) is 0 Å². The second-order valence-electron chi connectivity index (χ2n) is 0.990. The maximum absolute atomic E-state index is 9.75. The molecule has 2 N–H and O–H groups in total. The van der Waals surface area contributed by atoms with Gasteiger partial charge < -0.3 is 40.0 Å². The first-order valence-corrected chi connectivity index (χ1v) is 1.75. The van der Waals surface area contributed by atoms with Crippen molar-refractivity contribution in [1.29, 1.82) is 0 Å². The average molecular weight is 247 g/mol. The third-order valence-electron chi connectivity index (χ3n) is 0. The van der Waals surface area contributed by atoms with Gasteiger partial charge in [-0.15, -0.1) is 0 Å². The third kappa shape index (κ3) is 338000. The fourth-order valence-corrected chi connectivity index (χ4v) is 0. The van der Waals surface area contributed by atoms with Gasteiger partial charge in [-0.25, -0.2) is 0 Å². The van der Waals surface area contributed by atoms with Crippen LogP contribution >= 0.6 is 0 Å². The van der Waals surface area contributed by atoms with Gasteiger partial charge in [0.05, 0.1) is 0 Å². The maximum Gasteiger partial charge on any atom is 2.00 e. The number of halogens is 8. The van der Waals surface area contributed by atoms with Crippen molar-refractivity contribution in [3.05, 3.63) is 0 Å². The summed E-state index contributed by atoms with van der Waals surface area (Å²) in [6, 6.07) is 0. The van der Waals surface area contributed by atoms with Crippen molar-refractivity contribution in [2.75, 3.05) is 0 Å². The molecule has 1 nitrogen and oxygen atoms in total. The number of hydrogen-bond acceptors (Lipinski definition) is 0. The van der Waals surface area contributed by atoms with E-state index >= 15 is 0 Å². The van der Waals surface area contributed by atoms with Crippen molar-refractivity contribution in [2.24, 2.45) is 0 Å². The molecule has 0 aromatic carbocycles. The van der Waals surface area contributed by atoms with Crippen LogP contribution in [0.5, 0.6) is 0 Å². The Labute approximate surface area is 72.5 Å². The predicted molar refractivity (Wildman–Crippen MR) is 24.0 cm³/mol. The van der Waals surface area contributed by atoms with Crippen molar-refractivity contribution in [3.8, 4) is 0 Å². The molecule has 0 bridgehead atoms. The predicted octanol–water partition coefficient (Wildman–Crippen LogP) is 1.77. The maximum atomic E-state index is 9.75. The Morgan fingerprint density at radius 2 is 0.500 bits per heavy atom. The second kappa shape index (κ2) is 7.69. The Morgan fingerprint density at radius 1 is 0.500 bits per heavy atom.